The lowest BCUT2D eigenvalue weighted by molar-refractivity contribution is 0.0875. The molecule has 1 N–H and O–H groups in total. The van der Waals surface area contributed by atoms with Gasteiger partial charge in [-0.3, -0.25) is 9.10 Å². The highest BCUT2D eigenvalue weighted by Crippen LogP contribution is 2.27. The van der Waals surface area contributed by atoms with E-state index in [9.17, 15) is 13.2 Å². The second-order valence-corrected chi connectivity index (χ2v) is 8.13. The monoisotopic (exact) mass is 374 g/mol. The molecule has 6 nitrogen and oxygen atoms in total. The first-order valence-corrected chi connectivity index (χ1v) is 10.3. The number of ether oxygens (including phenoxy) is 1. The summed E-state index contributed by atoms with van der Waals surface area (Å²) >= 11 is 0. The first kappa shape index (κ1) is 18.4. The number of sulfonamides is 1. The smallest absolute Gasteiger partial charge is 0.255 e. The summed E-state index contributed by atoms with van der Waals surface area (Å²) in [4.78, 5) is 12.2. The first-order chi connectivity index (χ1) is 12.4. The van der Waals surface area contributed by atoms with Gasteiger partial charge in [0, 0.05) is 30.5 Å². The fourth-order valence-corrected chi connectivity index (χ4v) is 4.33. The van der Waals surface area contributed by atoms with E-state index in [-0.39, 0.29) is 11.9 Å². The Kier molecular flexibility index (Phi) is 5.58. The Morgan fingerprint density at radius 1 is 1.04 bits per heavy atom. The van der Waals surface area contributed by atoms with Crippen molar-refractivity contribution in [3.05, 3.63) is 60.2 Å². The predicted molar refractivity (Wildman–Crippen MR) is 102 cm³/mol. The molecule has 0 aliphatic carbocycles. The van der Waals surface area contributed by atoms with Gasteiger partial charge < -0.3 is 10.1 Å². The summed E-state index contributed by atoms with van der Waals surface area (Å²) in [5.41, 5.74) is 1.77. The van der Waals surface area contributed by atoms with Crippen molar-refractivity contribution in [3.8, 4) is 0 Å². The number of rotatable bonds is 5. The number of carbonyl (C=O) groups excluding carboxylic acids is 1. The average molecular weight is 374 g/mol. The fraction of sp³-hybridized carbons (Fsp3) is 0.316. The van der Waals surface area contributed by atoms with Gasteiger partial charge in [-0.1, -0.05) is 18.2 Å². The van der Waals surface area contributed by atoms with Gasteiger partial charge in [0.25, 0.3) is 5.91 Å². The third-order valence-corrected chi connectivity index (χ3v) is 5.52. The van der Waals surface area contributed by atoms with Crippen LogP contribution in [0.2, 0.25) is 0 Å². The minimum Gasteiger partial charge on any atom is -0.381 e. The molecule has 0 saturated carbocycles. The van der Waals surface area contributed by atoms with Crippen molar-refractivity contribution in [1.82, 2.24) is 0 Å². The molecule has 138 valence electrons. The number of hydrogen-bond acceptors (Lipinski definition) is 4. The summed E-state index contributed by atoms with van der Waals surface area (Å²) in [7, 11) is -3.41. The average Bonchev–Trinajstić information content (AvgIpc) is 2.64. The van der Waals surface area contributed by atoms with Gasteiger partial charge in [0.15, 0.2) is 0 Å². The van der Waals surface area contributed by atoms with Crippen LogP contribution in [0.15, 0.2) is 54.6 Å². The molecule has 1 fully saturated rings. The molecule has 2 aromatic carbocycles. The Labute approximate surface area is 153 Å². The van der Waals surface area contributed by atoms with Crippen LogP contribution in [0.1, 0.15) is 23.2 Å². The van der Waals surface area contributed by atoms with Gasteiger partial charge in [-0.15, -0.1) is 0 Å². The third kappa shape index (κ3) is 4.42. The second kappa shape index (κ2) is 7.88. The van der Waals surface area contributed by atoms with Crippen LogP contribution in [0.3, 0.4) is 0 Å². The van der Waals surface area contributed by atoms with E-state index in [0.717, 1.165) is 0 Å². The van der Waals surface area contributed by atoms with Gasteiger partial charge in [-0.05, 0) is 49.2 Å². The summed E-state index contributed by atoms with van der Waals surface area (Å²) in [5, 5.41) is 2.82. The van der Waals surface area contributed by atoms with Crippen molar-refractivity contribution in [1.29, 1.82) is 0 Å². The Morgan fingerprint density at radius 2 is 1.65 bits per heavy atom. The summed E-state index contributed by atoms with van der Waals surface area (Å²) in [6.07, 6.45) is 2.55. The lowest BCUT2D eigenvalue weighted by atomic mass is 10.1. The lowest BCUT2D eigenvalue weighted by Gasteiger charge is -2.34. The highest BCUT2D eigenvalue weighted by atomic mass is 32.2. The fourth-order valence-electron chi connectivity index (χ4n) is 3.08. The SMILES string of the molecule is CS(=O)(=O)N(c1ccc(NC(=O)c2ccccc2)cc1)C1CCOCC1. The normalized spacial score (nSPS) is 15.4. The number of benzene rings is 2. The van der Waals surface area contributed by atoms with E-state index in [1.807, 2.05) is 6.07 Å². The Bertz CT molecular complexity index is 845. The van der Waals surface area contributed by atoms with Crippen LogP contribution in [0.4, 0.5) is 11.4 Å². The molecule has 0 aromatic heterocycles. The van der Waals surface area contributed by atoms with Gasteiger partial charge >= 0.3 is 0 Å². The quantitative estimate of drug-likeness (QED) is 0.873. The van der Waals surface area contributed by atoms with E-state index >= 15 is 0 Å². The molecule has 26 heavy (non-hydrogen) atoms. The van der Waals surface area contributed by atoms with Crippen molar-refractivity contribution in [2.45, 2.75) is 18.9 Å². The molecule has 1 aliphatic rings. The third-order valence-electron chi connectivity index (χ3n) is 4.30. The summed E-state index contributed by atoms with van der Waals surface area (Å²) in [6, 6.07) is 15.7. The zero-order valence-corrected chi connectivity index (χ0v) is 15.4. The number of carbonyl (C=O) groups is 1. The van der Waals surface area contributed by atoms with Crippen LogP contribution in [-0.4, -0.2) is 39.8 Å². The molecular formula is C19H22N2O4S. The van der Waals surface area contributed by atoms with Gasteiger partial charge in [-0.25, -0.2) is 8.42 Å². The van der Waals surface area contributed by atoms with E-state index in [2.05, 4.69) is 5.32 Å². The van der Waals surface area contributed by atoms with Gasteiger partial charge in [0.1, 0.15) is 0 Å². The number of hydrogen-bond donors (Lipinski definition) is 1. The lowest BCUT2D eigenvalue weighted by Crippen LogP contribution is -2.43. The topological polar surface area (TPSA) is 75.7 Å². The summed E-state index contributed by atoms with van der Waals surface area (Å²) < 4.78 is 31.4. The standard InChI is InChI=1S/C19H22N2O4S/c1-26(23,24)21(18-11-13-25-14-12-18)17-9-7-16(8-10-17)20-19(22)15-5-3-2-4-6-15/h2-10,18H,11-14H2,1H3,(H,20,22). The Morgan fingerprint density at radius 3 is 2.23 bits per heavy atom. The maximum atomic E-state index is 12.3. The molecular weight excluding hydrogens is 352 g/mol. The molecule has 1 saturated heterocycles. The molecule has 1 amide bonds. The van der Waals surface area contributed by atoms with Crippen LogP contribution >= 0.6 is 0 Å². The van der Waals surface area contributed by atoms with Crippen molar-refractivity contribution >= 4 is 27.3 Å². The number of nitrogens with one attached hydrogen (secondary N) is 1. The van der Waals surface area contributed by atoms with Crippen LogP contribution in [-0.2, 0) is 14.8 Å². The van der Waals surface area contributed by atoms with E-state index in [4.69, 9.17) is 4.74 Å². The molecule has 0 atom stereocenters. The van der Waals surface area contributed by atoms with Crippen LogP contribution in [0, 0.1) is 0 Å². The molecule has 0 radical (unpaired) electrons. The second-order valence-electron chi connectivity index (χ2n) is 6.27. The molecule has 0 bridgehead atoms. The van der Waals surface area contributed by atoms with Crippen LogP contribution < -0.4 is 9.62 Å². The maximum absolute atomic E-state index is 12.3. The van der Waals surface area contributed by atoms with Crippen molar-refractivity contribution in [3.63, 3.8) is 0 Å². The van der Waals surface area contributed by atoms with Crippen molar-refractivity contribution in [2.75, 3.05) is 29.1 Å². The molecule has 2 aromatic rings. The minimum atomic E-state index is -3.41. The largest absolute Gasteiger partial charge is 0.381 e. The Hall–Kier alpha value is -2.38. The Balaban J connectivity index is 1.77. The highest BCUT2D eigenvalue weighted by molar-refractivity contribution is 7.92. The molecule has 1 aliphatic heterocycles. The van der Waals surface area contributed by atoms with Crippen molar-refractivity contribution in [2.24, 2.45) is 0 Å². The maximum Gasteiger partial charge on any atom is 0.255 e. The molecule has 3 rings (SSSR count). The van der Waals surface area contributed by atoms with Gasteiger partial charge in [0.2, 0.25) is 10.0 Å². The van der Waals surface area contributed by atoms with E-state index < -0.39 is 10.0 Å². The summed E-state index contributed by atoms with van der Waals surface area (Å²) in [5.74, 6) is -0.206. The highest BCUT2D eigenvalue weighted by Gasteiger charge is 2.28. The van der Waals surface area contributed by atoms with Crippen molar-refractivity contribution < 1.29 is 17.9 Å². The number of amides is 1. The van der Waals surface area contributed by atoms with E-state index in [1.165, 1.54) is 10.6 Å². The molecule has 7 heteroatoms. The molecule has 1 heterocycles. The number of anilines is 2. The van der Waals surface area contributed by atoms with Gasteiger partial charge in [0.05, 0.1) is 11.9 Å². The van der Waals surface area contributed by atoms with Crippen LogP contribution in [0.5, 0.6) is 0 Å². The zero-order valence-electron chi connectivity index (χ0n) is 14.6. The van der Waals surface area contributed by atoms with E-state index in [1.54, 1.807) is 48.5 Å². The molecule has 0 unspecified atom stereocenters. The molecule has 0 spiro atoms. The first-order valence-electron chi connectivity index (χ1n) is 8.49. The summed E-state index contributed by atoms with van der Waals surface area (Å²) in [6.45, 7) is 1.11. The van der Waals surface area contributed by atoms with Gasteiger partial charge in [-0.2, -0.15) is 0 Å². The minimum absolute atomic E-state index is 0.108. The predicted octanol–water partition coefficient (Wildman–Crippen LogP) is 2.88. The van der Waals surface area contributed by atoms with Crippen LogP contribution in [0.25, 0.3) is 0 Å². The number of nitrogens with zero attached hydrogens (tertiary/aromatic N) is 1. The van der Waals surface area contributed by atoms with E-state index in [0.29, 0.717) is 43.0 Å². The zero-order chi connectivity index (χ0) is 18.6.